The molecule has 0 spiro atoms. The second-order valence-electron chi connectivity index (χ2n) is 7.37. The van der Waals surface area contributed by atoms with E-state index in [0.717, 1.165) is 0 Å². The van der Waals surface area contributed by atoms with Gasteiger partial charge in [-0.15, -0.1) is 0 Å². The zero-order valence-electron chi connectivity index (χ0n) is 17.5. The number of benzene rings is 1. The fraction of sp³-hybridized carbons (Fsp3) is 0.286. The smallest absolute Gasteiger partial charge is 0.321 e. The monoisotopic (exact) mass is 438 g/mol. The van der Waals surface area contributed by atoms with E-state index >= 15 is 0 Å². The Bertz CT molecular complexity index is 1070. The molecule has 1 aliphatic heterocycles. The van der Waals surface area contributed by atoms with Crippen LogP contribution in [0, 0.1) is 5.82 Å². The molecule has 0 saturated carbocycles. The summed E-state index contributed by atoms with van der Waals surface area (Å²) in [5.41, 5.74) is 0.993. The van der Waals surface area contributed by atoms with Gasteiger partial charge in [0.05, 0.1) is 17.9 Å². The van der Waals surface area contributed by atoms with E-state index in [1.807, 2.05) is 4.90 Å². The minimum atomic E-state index is -0.406. The molecule has 11 heteroatoms. The Morgan fingerprint density at radius 3 is 2.53 bits per heavy atom. The van der Waals surface area contributed by atoms with Crippen molar-refractivity contribution in [1.29, 1.82) is 0 Å². The van der Waals surface area contributed by atoms with Crippen LogP contribution < -0.4 is 10.6 Å². The van der Waals surface area contributed by atoms with Crippen molar-refractivity contribution < 1.29 is 14.0 Å². The quantitative estimate of drug-likeness (QED) is 0.631. The molecule has 3 heterocycles. The van der Waals surface area contributed by atoms with E-state index in [2.05, 4.69) is 25.7 Å². The Hall–Kier alpha value is -3.86. The van der Waals surface area contributed by atoms with Crippen molar-refractivity contribution in [2.24, 2.45) is 0 Å². The van der Waals surface area contributed by atoms with Crippen LogP contribution in [0.2, 0.25) is 0 Å². The Morgan fingerprint density at radius 1 is 1.06 bits per heavy atom. The van der Waals surface area contributed by atoms with E-state index in [1.54, 1.807) is 48.6 Å². The normalized spacial score (nSPS) is 15.2. The summed E-state index contributed by atoms with van der Waals surface area (Å²) in [7, 11) is 0. The van der Waals surface area contributed by atoms with Gasteiger partial charge in [0, 0.05) is 31.9 Å². The minimum absolute atomic E-state index is 0.216. The molecule has 0 radical (unpaired) electrons. The number of urea groups is 1. The highest BCUT2D eigenvalue weighted by molar-refractivity contribution is 5.94. The first-order valence-electron chi connectivity index (χ1n) is 10.2. The molecular weight excluding hydrogens is 415 g/mol. The van der Waals surface area contributed by atoms with Gasteiger partial charge in [0.25, 0.3) is 0 Å². The molecule has 32 heavy (non-hydrogen) atoms. The summed E-state index contributed by atoms with van der Waals surface area (Å²) in [5.74, 6) is -0.0232. The van der Waals surface area contributed by atoms with Gasteiger partial charge in [0.2, 0.25) is 5.91 Å². The standard InChI is InChI=1S/C21H23FN8O2/c1-15(20(31)26-17-4-2-3-16(22)11-17)28-7-9-29(10-8-28)21(32)27-18-5-6-19(24-12-18)30-14-23-13-25-30/h2-6,11-15H,7-10H2,1H3,(H,26,31)(H,27,32). The molecule has 1 unspecified atom stereocenters. The molecule has 10 nitrogen and oxygen atoms in total. The number of aromatic nitrogens is 4. The zero-order valence-corrected chi connectivity index (χ0v) is 17.5. The van der Waals surface area contributed by atoms with Gasteiger partial charge >= 0.3 is 6.03 Å². The Balaban J connectivity index is 1.26. The topological polar surface area (TPSA) is 108 Å². The fourth-order valence-electron chi connectivity index (χ4n) is 3.42. The number of hydrogen-bond acceptors (Lipinski definition) is 6. The summed E-state index contributed by atoms with van der Waals surface area (Å²) in [6.45, 7) is 3.86. The number of nitrogens with one attached hydrogen (secondary N) is 2. The number of amides is 3. The first-order chi connectivity index (χ1) is 15.5. The van der Waals surface area contributed by atoms with Crippen LogP contribution in [-0.2, 0) is 4.79 Å². The largest absolute Gasteiger partial charge is 0.325 e. The number of rotatable bonds is 5. The minimum Gasteiger partial charge on any atom is -0.325 e. The van der Waals surface area contributed by atoms with Gasteiger partial charge in [0.15, 0.2) is 5.82 Å². The SMILES string of the molecule is CC(C(=O)Nc1cccc(F)c1)N1CCN(C(=O)Nc2ccc(-n3cncn3)nc2)CC1. The van der Waals surface area contributed by atoms with Crippen molar-refractivity contribution >= 4 is 23.3 Å². The summed E-state index contributed by atoms with van der Waals surface area (Å²) < 4.78 is 14.8. The lowest BCUT2D eigenvalue weighted by Crippen LogP contribution is -2.54. The summed E-state index contributed by atoms with van der Waals surface area (Å²) in [5, 5.41) is 9.57. The predicted molar refractivity (Wildman–Crippen MR) is 116 cm³/mol. The number of carbonyl (C=O) groups excluding carboxylic acids is 2. The highest BCUT2D eigenvalue weighted by Gasteiger charge is 2.27. The van der Waals surface area contributed by atoms with Crippen molar-refractivity contribution in [3.8, 4) is 5.82 Å². The molecule has 4 rings (SSSR count). The third kappa shape index (κ3) is 5.06. The molecule has 166 valence electrons. The van der Waals surface area contributed by atoms with Gasteiger partial charge in [-0.25, -0.2) is 23.8 Å². The van der Waals surface area contributed by atoms with Crippen molar-refractivity contribution in [2.45, 2.75) is 13.0 Å². The Morgan fingerprint density at radius 2 is 1.88 bits per heavy atom. The maximum absolute atomic E-state index is 13.3. The van der Waals surface area contributed by atoms with Gasteiger partial charge in [-0.1, -0.05) is 6.07 Å². The first kappa shape index (κ1) is 21.4. The lowest BCUT2D eigenvalue weighted by Gasteiger charge is -2.37. The van der Waals surface area contributed by atoms with Crippen LogP contribution in [0.3, 0.4) is 0 Å². The molecule has 1 aromatic carbocycles. The maximum Gasteiger partial charge on any atom is 0.321 e. The number of piperazine rings is 1. The lowest BCUT2D eigenvalue weighted by atomic mass is 10.2. The summed E-state index contributed by atoms with van der Waals surface area (Å²) >= 11 is 0. The Labute approximate surface area is 184 Å². The number of nitrogens with zero attached hydrogens (tertiary/aromatic N) is 6. The third-order valence-electron chi connectivity index (χ3n) is 5.27. The molecule has 2 N–H and O–H groups in total. The van der Waals surface area contributed by atoms with Crippen molar-refractivity contribution in [3.05, 3.63) is 61.1 Å². The third-order valence-corrected chi connectivity index (χ3v) is 5.27. The first-order valence-corrected chi connectivity index (χ1v) is 10.2. The van der Waals surface area contributed by atoms with Crippen molar-refractivity contribution in [2.75, 3.05) is 36.8 Å². The molecule has 3 amide bonds. The van der Waals surface area contributed by atoms with E-state index < -0.39 is 11.9 Å². The van der Waals surface area contributed by atoms with E-state index in [-0.39, 0.29) is 11.9 Å². The molecule has 0 aliphatic carbocycles. The van der Waals surface area contributed by atoms with Gasteiger partial charge in [-0.2, -0.15) is 5.10 Å². The maximum atomic E-state index is 13.3. The number of halogens is 1. The van der Waals surface area contributed by atoms with E-state index in [4.69, 9.17) is 0 Å². The molecular formula is C21H23FN8O2. The molecule has 0 bridgehead atoms. The van der Waals surface area contributed by atoms with Crippen molar-refractivity contribution in [1.82, 2.24) is 29.5 Å². The molecule has 1 aliphatic rings. The average Bonchev–Trinajstić information content (AvgIpc) is 3.34. The average molecular weight is 438 g/mol. The van der Waals surface area contributed by atoms with Gasteiger partial charge in [-0.05, 0) is 37.3 Å². The van der Waals surface area contributed by atoms with Crippen LogP contribution in [0.5, 0.6) is 0 Å². The molecule has 1 fully saturated rings. The number of anilines is 2. The lowest BCUT2D eigenvalue weighted by molar-refractivity contribution is -0.121. The van der Waals surface area contributed by atoms with Gasteiger partial charge < -0.3 is 15.5 Å². The zero-order chi connectivity index (χ0) is 22.5. The number of carbonyl (C=O) groups is 2. The summed E-state index contributed by atoms with van der Waals surface area (Å²) in [4.78, 5) is 36.9. The van der Waals surface area contributed by atoms with Crippen LogP contribution in [-0.4, -0.2) is 73.7 Å². The van der Waals surface area contributed by atoms with E-state index in [9.17, 15) is 14.0 Å². The molecule has 1 saturated heterocycles. The highest BCUT2D eigenvalue weighted by atomic mass is 19.1. The van der Waals surface area contributed by atoms with Crippen molar-refractivity contribution in [3.63, 3.8) is 0 Å². The molecule has 2 aromatic heterocycles. The van der Waals surface area contributed by atoms with Gasteiger partial charge in [-0.3, -0.25) is 9.69 Å². The second kappa shape index (κ2) is 9.52. The second-order valence-corrected chi connectivity index (χ2v) is 7.37. The fourth-order valence-corrected chi connectivity index (χ4v) is 3.42. The van der Waals surface area contributed by atoms with Crippen LogP contribution in [0.15, 0.2) is 55.2 Å². The number of hydrogen-bond donors (Lipinski definition) is 2. The van der Waals surface area contributed by atoms with E-state index in [1.165, 1.54) is 23.1 Å². The molecule has 3 aromatic rings. The van der Waals surface area contributed by atoms with Crippen LogP contribution >= 0.6 is 0 Å². The summed E-state index contributed by atoms with van der Waals surface area (Å²) in [6.07, 6.45) is 4.52. The number of pyridine rings is 1. The van der Waals surface area contributed by atoms with Gasteiger partial charge in [0.1, 0.15) is 18.5 Å². The van der Waals surface area contributed by atoms with Crippen LogP contribution in [0.4, 0.5) is 20.6 Å². The predicted octanol–water partition coefficient (Wildman–Crippen LogP) is 1.98. The highest BCUT2D eigenvalue weighted by Crippen LogP contribution is 2.14. The van der Waals surface area contributed by atoms with E-state index in [0.29, 0.717) is 43.4 Å². The molecule has 1 atom stereocenters. The van der Waals surface area contributed by atoms with Crippen LogP contribution in [0.25, 0.3) is 5.82 Å². The Kier molecular flexibility index (Phi) is 6.36. The summed E-state index contributed by atoms with van der Waals surface area (Å²) in [6, 6.07) is 8.64. The van der Waals surface area contributed by atoms with Crippen LogP contribution in [0.1, 0.15) is 6.92 Å².